The van der Waals surface area contributed by atoms with Gasteiger partial charge >= 0.3 is 0 Å². The quantitative estimate of drug-likeness (QED) is 0.205. The summed E-state index contributed by atoms with van der Waals surface area (Å²) in [5.41, 5.74) is 13.4. The number of nitrogens with zero attached hydrogens (tertiary/aromatic N) is 3. The summed E-state index contributed by atoms with van der Waals surface area (Å²) in [7, 11) is 0. The van der Waals surface area contributed by atoms with Gasteiger partial charge < -0.3 is 4.90 Å². The monoisotopic (exact) mass is 573 g/mol. The maximum absolute atomic E-state index is 4.31. The van der Waals surface area contributed by atoms with Gasteiger partial charge in [-0.2, -0.15) is 0 Å². The number of hydrogen-bond acceptors (Lipinski definition) is 3. The molecule has 3 heteroatoms. The van der Waals surface area contributed by atoms with Crippen LogP contribution in [0.2, 0.25) is 0 Å². The number of aromatic nitrogens is 2. The van der Waals surface area contributed by atoms with E-state index in [4.69, 9.17) is 0 Å². The van der Waals surface area contributed by atoms with Crippen molar-refractivity contribution in [3.05, 3.63) is 164 Å². The molecule has 0 unspecified atom stereocenters. The summed E-state index contributed by atoms with van der Waals surface area (Å²) >= 11 is 0. The topological polar surface area (TPSA) is 29.0 Å². The zero-order chi connectivity index (χ0) is 29.7. The Morgan fingerprint density at radius 1 is 0.356 bits per heavy atom. The number of anilines is 3. The van der Waals surface area contributed by atoms with Gasteiger partial charge in [-0.1, -0.05) is 109 Å². The largest absolute Gasteiger partial charge is 0.310 e. The lowest BCUT2D eigenvalue weighted by Gasteiger charge is -2.27. The molecule has 45 heavy (non-hydrogen) atoms. The fraction of sp³-hybridized carbons (Fsp3) is 0. The number of fused-ring (bicyclic) bond motifs is 4. The minimum Gasteiger partial charge on any atom is -0.310 e. The fourth-order valence-electron chi connectivity index (χ4n) is 7.20. The highest BCUT2D eigenvalue weighted by molar-refractivity contribution is 6.29. The molecule has 0 bridgehead atoms. The first-order valence-corrected chi connectivity index (χ1v) is 15.2. The van der Waals surface area contributed by atoms with Crippen molar-refractivity contribution in [3.63, 3.8) is 0 Å². The van der Waals surface area contributed by atoms with Crippen molar-refractivity contribution in [2.45, 2.75) is 0 Å². The molecule has 210 valence electrons. The summed E-state index contributed by atoms with van der Waals surface area (Å²) in [6, 6.07) is 50.3. The molecule has 1 aliphatic rings. The minimum atomic E-state index is 1.05. The van der Waals surface area contributed by atoms with Gasteiger partial charge in [0.25, 0.3) is 0 Å². The first kappa shape index (κ1) is 25.4. The lowest BCUT2D eigenvalue weighted by atomic mass is 9.82. The maximum Gasteiger partial charge on any atom is 0.0540 e. The third-order valence-electron chi connectivity index (χ3n) is 8.98. The van der Waals surface area contributed by atoms with E-state index in [-0.39, 0.29) is 0 Å². The van der Waals surface area contributed by atoms with E-state index < -0.39 is 0 Å². The van der Waals surface area contributed by atoms with E-state index in [1.54, 1.807) is 0 Å². The molecule has 0 spiro atoms. The molecule has 0 amide bonds. The van der Waals surface area contributed by atoms with Crippen molar-refractivity contribution in [3.8, 4) is 44.5 Å². The lowest BCUT2D eigenvalue weighted by Crippen LogP contribution is -2.10. The Bertz CT molecular complexity index is 2220. The summed E-state index contributed by atoms with van der Waals surface area (Å²) in [5.74, 6) is 0. The van der Waals surface area contributed by atoms with Crippen molar-refractivity contribution in [1.29, 1.82) is 0 Å². The molecule has 1 aliphatic carbocycles. The summed E-state index contributed by atoms with van der Waals surface area (Å²) < 4.78 is 0. The second-order valence-electron chi connectivity index (χ2n) is 11.4. The third kappa shape index (κ3) is 3.91. The molecule has 0 N–H and O–H groups in total. The van der Waals surface area contributed by atoms with E-state index >= 15 is 0 Å². The van der Waals surface area contributed by atoms with Crippen LogP contribution in [0.5, 0.6) is 0 Å². The standard InChI is InChI=1S/C42H27N3/c1-3-10-28(11-4-1)38-32-14-7-8-15-33(32)39(29-12-5-2-6-13-29)42-36-18-19-37(34-16-9-17-35(40(34)36)41(38)42)45(30-20-24-43-25-21-30)31-22-26-44-27-23-31/h1-27H. The van der Waals surface area contributed by atoms with Gasteiger partial charge in [0.15, 0.2) is 0 Å². The normalized spacial score (nSPS) is 11.6. The maximum atomic E-state index is 4.31. The Labute approximate surface area is 261 Å². The highest BCUT2D eigenvalue weighted by atomic mass is 15.1. The van der Waals surface area contributed by atoms with Crippen molar-refractivity contribution >= 4 is 38.6 Å². The van der Waals surface area contributed by atoms with E-state index in [1.165, 1.54) is 66.1 Å². The Morgan fingerprint density at radius 2 is 0.822 bits per heavy atom. The highest BCUT2D eigenvalue weighted by Crippen LogP contribution is 2.59. The zero-order valence-corrected chi connectivity index (χ0v) is 24.4. The van der Waals surface area contributed by atoms with Gasteiger partial charge in [-0.25, -0.2) is 0 Å². The average molecular weight is 574 g/mol. The van der Waals surface area contributed by atoms with E-state index in [1.807, 2.05) is 24.8 Å². The van der Waals surface area contributed by atoms with Crippen LogP contribution in [-0.4, -0.2) is 9.97 Å². The van der Waals surface area contributed by atoms with Gasteiger partial charge in [-0.15, -0.1) is 0 Å². The van der Waals surface area contributed by atoms with Crippen LogP contribution in [0.25, 0.3) is 66.1 Å². The number of hydrogen-bond donors (Lipinski definition) is 0. The molecule has 8 aromatic rings. The van der Waals surface area contributed by atoms with Crippen LogP contribution in [-0.2, 0) is 0 Å². The molecule has 2 heterocycles. The summed E-state index contributed by atoms with van der Waals surface area (Å²) in [5, 5.41) is 5.02. The van der Waals surface area contributed by atoms with E-state index in [9.17, 15) is 0 Å². The first-order chi connectivity index (χ1) is 22.4. The molecule has 0 aliphatic heterocycles. The lowest BCUT2D eigenvalue weighted by molar-refractivity contribution is 1.23. The molecule has 2 aromatic heterocycles. The van der Waals surface area contributed by atoms with Crippen molar-refractivity contribution in [2.75, 3.05) is 4.90 Å². The van der Waals surface area contributed by atoms with E-state index in [0.29, 0.717) is 0 Å². The zero-order valence-electron chi connectivity index (χ0n) is 24.4. The first-order valence-electron chi connectivity index (χ1n) is 15.2. The Kier molecular flexibility index (Phi) is 5.82. The molecule has 6 aromatic carbocycles. The molecule has 0 radical (unpaired) electrons. The number of rotatable bonds is 5. The second kappa shape index (κ2) is 10.3. The molecule has 0 atom stereocenters. The van der Waals surface area contributed by atoms with Gasteiger partial charge in [-0.3, -0.25) is 9.97 Å². The third-order valence-corrected chi connectivity index (χ3v) is 8.98. The van der Waals surface area contributed by atoms with Gasteiger partial charge in [0.2, 0.25) is 0 Å². The second-order valence-corrected chi connectivity index (χ2v) is 11.4. The average Bonchev–Trinajstić information content (AvgIpc) is 3.45. The number of pyridine rings is 2. The molecule has 0 saturated carbocycles. The van der Waals surface area contributed by atoms with Gasteiger partial charge in [0.05, 0.1) is 5.69 Å². The molecule has 0 fully saturated rings. The predicted molar refractivity (Wildman–Crippen MR) is 187 cm³/mol. The SMILES string of the molecule is c1ccc(-c2c3c(c(-c4ccccc4)c4ccccc24)-c2ccc(N(c4ccncc4)c4ccncc4)c4cccc-3c24)cc1. The van der Waals surface area contributed by atoms with Gasteiger partial charge in [-0.05, 0) is 91.0 Å². The molecular weight excluding hydrogens is 546 g/mol. The van der Waals surface area contributed by atoms with Crippen LogP contribution in [0.15, 0.2) is 164 Å². The van der Waals surface area contributed by atoms with E-state index in [2.05, 4.69) is 154 Å². The summed E-state index contributed by atoms with van der Waals surface area (Å²) in [6.45, 7) is 0. The van der Waals surface area contributed by atoms with E-state index in [0.717, 1.165) is 17.1 Å². The smallest absolute Gasteiger partial charge is 0.0540 e. The van der Waals surface area contributed by atoms with Crippen LogP contribution < -0.4 is 4.90 Å². The van der Waals surface area contributed by atoms with Crippen LogP contribution in [0.3, 0.4) is 0 Å². The molecule has 3 nitrogen and oxygen atoms in total. The summed E-state index contributed by atoms with van der Waals surface area (Å²) in [6.07, 6.45) is 7.40. The fourth-order valence-corrected chi connectivity index (χ4v) is 7.20. The Balaban J connectivity index is 1.43. The van der Waals surface area contributed by atoms with Crippen LogP contribution >= 0.6 is 0 Å². The van der Waals surface area contributed by atoms with Crippen molar-refractivity contribution in [1.82, 2.24) is 9.97 Å². The highest BCUT2D eigenvalue weighted by Gasteiger charge is 2.31. The van der Waals surface area contributed by atoms with Crippen LogP contribution in [0, 0.1) is 0 Å². The molecule has 0 saturated heterocycles. The summed E-state index contributed by atoms with van der Waals surface area (Å²) in [4.78, 5) is 10.9. The molecule has 9 rings (SSSR count). The van der Waals surface area contributed by atoms with Crippen molar-refractivity contribution < 1.29 is 0 Å². The van der Waals surface area contributed by atoms with Crippen molar-refractivity contribution in [2.24, 2.45) is 0 Å². The Morgan fingerprint density at radius 3 is 1.36 bits per heavy atom. The van der Waals surface area contributed by atoms with Gasteiger partial charge in [0.1, 0.15) is 0 Å². The molecular formula is C42H27N3. The predicted octanol–water partition coefficient (Wildman–Crippen LogP) is 11.2. The number of benzene rings is 6. The van der Waals surface area contributed by atoms with Crippen LogP contribution in [0.4, 0.5) is 17.1 Å². The Hall–Kier alpha value is -6.06. The van der Waals surface area contributed by atoms with Crippen LogP contribution in [0.1, 0.15) is 0 Å². The van der Waals surface area contributed by atoms with Gasteiger partial charge in [0, 0.05) is 41.5 Å². The minimum absolute atomic E-state index is 1.05.